The van der Waals surface area contributed by atoms with E-state index in [1.165, 1.54) is 0 Å². The fraction of sp³-hybridized carbons (Fsp3) is 0.562. The lowest BCUT2D eigenvalue weighted by Gasteiger charge is -2.37. The molecule has 0 aliphatic carbocycles. The van der Waals surface area contributed by atoms with E-state index in [2.05, 4.69) is 5.32 Å². The van der Waals surface area contributed by atoms with Gasteiger partial charge in [0.25, 0.3) is 0 Å². The molecule has 0 heterocycles. The average Bonchev–Trinajstić information content (AvgIpc) is 2.36. The molecule has 20 heavy (non-hydrogen) atoms. The molecule has 0 aliphatic heterocycles. The van der Waals surface area contributed by atoms with Crippen molar-refractivity contribution in [1.29, 1.82) is 0 Å². The van der Waals surface area contributed by atoms with E-state index >= 15 is 0 Å². The van der Waals surface area contributed by atoms with E-state index < -0.39 is 11.0 Å². The zero-order valence-corrected chi connectivity index (χ0v) is 13.1. The Balaban J connectivity index is 2.91. The zero-order chi connectivity index (χ0) is 15.4. The molecule has 4 nitrogen and oxygen atoms in total. The molecule has 1 aromatic carbocycles. The van der Waals surface area contributed by atoms with Gasteiger partial charge in [-0.15, -0.1) is 0 Å². The van der Waals surface area contributed by atoms with E-state index in [0.29, 0.717) is 18.0 Å². The lowest BCUT2D eigenvalue weighted by atomic mass is 9.74. The summed E-state index contributed by atoms with van der Waals surface area (Å²) in [6.45, 7) is 10.1. The Kier molecular flexibility index (Phi) is 5.17. The van der Waals surface area contributed by atoms with Crippen molar-refractivity contribution in [3.63, 3.8) is 0 Å². The van der Waals surface area contributed by atoms with Gasteiger partial charge in [-0.2, -0.15) is 0 Å². The van der Waals surface area contributed by atoms with E-state index in [0.717, 1.165) is 6.42 Å². The Morgan fingerprint density at radius 3 is 2.40 bits per heavy atom. The minimum atomic E-state index is -0.690. The molecular formula is C16H26N2O2. The van der Waals surface area contributed by atoms with Gasteiger partial charge in [0.1, 0.15) is 5.75 Å². The van der Waals surface area contributed by atoms with Crippen molar-refractivity contribution in [1.82, 2.24) is 0 Å². The number of anilines is 1. The third-order valence-corrected chi connectivity index (χ3v) is 3.78. The number of nitrogens with two attached hydrogens (primary N) is 1. The van der Waals surface area contributed by atoms with Crippen LogP contribution in [0, 0.1) is 5.41 Å². The normalized spacial score (nSPS) is 12.1. The maximum absolute atomic E-state index is 12.5. The summed E-state index contributed by atoms with van der Waals surface area (Å²) >= 11 is 0. The van der Waals surface area contributed by atoms with Crippen LogP contribution in [0.1, 0.15) is 41.0 Å². The quantitative estimate of drug-likeness (QED) is 0.840. The number of benzene rings is 1. The van der Waals surface area contributed by atoms with E-state index in [1.54, 1.807) is 0 Å². The maximum Gasteiger partial charge on any atom is 0.231 e. The first-order chi connectivity index (χ1) is 9.20. The molecule has 1 aromatic rings. The van der Waals surface area contributed by atoms with Crippen molar-refractivity contribution in [2.45, 2.75) is 46.6 Å². The molecule has 0 spiro atoms. The van der Waals surface area contributed by atoms with Crippen molar-refractivity contribution in [3.05, 3.63) is 24.3 Å². The molecule has 0 atom stereocenters. The molecule has 0 fully saturated rings. The second-order valence-corrected chi connectivity index (χ2v) is 6.15. The van der Waals surface area contributed by atoms with Crippen LogP contribution in [0.15, 0.2) is 24.3 Å². The van der Waals surface area contributed by atoms with Gasteiger partial charge in [0, 0.05) is 5.54 Å². The SMILES string of the molecule is CCCOc1ccccc1NC(=O)C(C)(C)C(C)(C)N. The molecule has 0 aliphatic rings. The second-order valence-electron chi connectivity index (χ2n) is 6.15. The molecule has 0 unspecified atom stereocenters. The highest BCUT2D eigenvalue weighted by atomic mass is 16.5. The van der Waals surface area contributed by atoms with Gasteiger partial charge in [0.15, 0.2) is 0 Å². The molecular weight excluding hydrogens is 252 g/mol. The van der Waals surface area contributed by atoms with Crippen LogP contribution in [0.25, 0.3) is 0 Å². The van der Waals surface area contributed by atoms with Crippen molar-refractivity contribution in [2.24, 2.45) is 11.1 Å². The minimum absolute atomic E-state index is 0.113. The standard InChI is InChI=1S/C16H26N2O2/c1-6-11-20-13-10-8-7-9-12(13)18-14(19)15(2,3)16(4,5)17/h7-10H,6,11,17H2,1-5H3,(H,18,19). The highest BCUT2D eigenvalue weighted by molar-refractivity contribution is 5.96. The molecule has 1 rings (SSSR count). The summed E-state index contributed by atoms with van der Waals surface area (Å²) in [7, 11) is 0. The fourth-order valence-electron chi connectivity index (χ4n) is 1.48. The molecule has 0 bridgehead atoms. The Hall–Kier alpha value is -1.55. The molecule has 0 saturated heterocycles. The van der Waals surface area contributed by atoms with E-state index in [4.69, 9.17) is 10.5 Å². The van der Waals surface area contributed by atoms with Gasteiger partial charge in [0.05, 0.1) is 17.7 Å². The summed E-state index contributed by atoms with van der Waals surface area (Å²) in [6.07, 6.45) is 0.920. The lowest BCUT2D eigenvalue weighted by Crippen LogP contribution is -2.53. The summed E-state index contributed by atoms with van der Waals surface area (Å²) in [6, 6.07) is 7.45. The smallest absolute Gasteiger partial charge is 0.231 e. The average molecular weight is 278 g/mol. The summed E-state index contributed by atoms with van der Waals surface area (Å²) in [5.41, 5.74) is 5.47. The minimum Gasteiger partial charge on any atom is -0.491 e. The Morgan fingerprint density at radius 1 is 1.25 bits per heavy atom. The number of amides is 1. The number of rotatable bonds is 6. The fourth-order valence-corrected chi connectivity index (χ4v) is 1.48. The first-order valence-electron chi connectivity index (χ1n) is 7.02. The largest absolute Gasteiger partial charge is 0.491 e. The van der Waals surface area contributed by atoms with Gasteiger partial charge < -0.3 is 15.8 Å². The molecule has 1 amide bonds. The van der Waals surface area contributed by atoms with Crippen LogP contribution in [0.3, 0.4) is 0 Å². The van der Waals surface area contributed by atoms with Crippen molar-refractivity contribution in [2.75, 3.05) is 11.9 Å². The van der Waals surface area contributed by atoms with Crippen LogP contribution in [0.2, 0.25) is 0 Å². The van der Waals surface area contributed by atoms with Crippen LogP contribution in [0.4, 0.5) is 5.69 Å². The number of ether oxygens (including phenoxy) is 1. The van der Waals surface area contributed by atoms with Gasteiger partial charge in [-0.25, -0.2) is 0 Å². The van der Waals surface area contributed by atoms with E-state index in [9.17, 15) is 4.79 Å². The third kappa shape index (κ3) is 3.73. The first-order valence-corrected chi connectivity index (χ1v) is 7.02. The Bertz CT molecular complexity index is 462. The lowest BCUT2D eigenvalue weighted by molar-refractivity contribution is -0.126. The van der Waals surface area contributed by atoms with Crippen LogP contribution in [0.5, 0.6) is 5.75 Å². The monoisotopic (exact) mass is 278 g/mol. The first kappa shape index (κ1) is 16.5. The number of hydrogen-bond donors (Lipinski definition) is 2. The van der Waals surface area contributed by atoms with Crippen LogP contribution < -0.4 is 15.8 Å². The van der Waals surface area contributed by atoms with Crippen molar-refractivity contribution >= 4 is 11.6 Å². The number of nitrogens with one attached hydrogen (secondary N) is 1. The summed E-state index contributed by atoms with van der Waals surface area (Å²) in [4.78, 5) is 12.5. The van der Waals surface area contributed by atoms with Crippen molar-refractivity contribution in [3.8, 4) is 5.75 Å². The van der Waals surface area contributed by atoms with E-state index in [-0.39, 0.29) is 5.91 Å². The van der Waals surface area contributed by atoms with Crippen LogP contribution in [-0.4, -0.2) is 18.1 Å². The summed E-state index contributed by atoms with van der Waals surface area (Å²) < 4.78 is 5.64. The highest BCUT2D eigenvalue weighted by Gasteiger charge is 2.40. The van der Waals surface area contributed by atoms with Crippen LogP contribution in [-0.2, 0) is 4.79 Å². The maximum atomic E-state index is 12.5. The molecule has 0 aromatic heterocycles. The Labute approximate surface area is 121 Å². The second kappa shape index (κ2) is 6.27. The van der Waals surface area contributed by atoms with Gasteiger partial charge in [0.2, 0.25) is 5.91 Å². The zero-order valence-electron chi connectivity index (χ0n) is 13.1. The molecule has 3 N–H and O–H groups in total. The number of hydrogen-bond acceptors (Lipinski definition) is 3. The van der Waals surface area contributed by atoms with Gasteiger partial charge >= 0.3 is 0 Å². The number of carbonyl (C=O) groups is 1. The van der Waals surface area contributed by atoms with Gasteiger partial charge in [-0.3, -0.25) is 4.79 Å². The molecule has 4 heteroatoms. The Morgan fingerprint density at radius 2 is 1.85 bits per heavy atom. The van der Waals surface area contributed by atoms with Gasteiger partial charge in [-0.1, -0.05) is 19.1 Å². The number of para-hydroxylation sites is 2. The topological polar surface area (TPSA) is 64.3 Å². The summed E-state index contributed by atoms with van der Waals surface area (Å²) in [5.74, 6) is 0.575. The van der Waals surface area contributed by atoms with Crippen molar-refractivity contribution < 1.29 is 9.53 Å². The molecule has 112 valence electrons. The molecule has 0 radical (unpaired) electrons. The third-order valence-electron chi connectivity index (χ3n) is 3.78. The molecule has 0 saturated carbocycles. The van der Waals surface area contributed by atoms with E-state index in [1.807, 2.05) is 58.9 Å². The van der Waals surface area contributed by atoms with Crippen LogP contribution >= 0.6 is 0 Å². The predicted octanol–water partition coefficient (Wildman–Crippen LogP) is 3.18. The van der Waals surface area contributed by atoms with Gasteiger partial charge in [-0.05, 0) is 46.2 Å². The summed E-state index contributed by atoms with van der Waals surface area (Å²) in [5, 5.41) is 2.92. The predicted molar refractivity (Wildman–Crippen MR) is 82.9 cm³/mol. The highest BCUT2D eigenvalue weighted by Crippen LogP contribution is 2.32. The number of carbonyl (C=O) groups excluding carboxylic acids is 1.